The number of aryl methyl sites for hydroxylation is 1. The average Bonchev–Trinajstić information content (AvgIpc) is 3.15. The molecule has 0 saturated carbocycles. The van der Waals surface area contributed by atoms with Crippen molar-refractivity contribution >= 4 is 44.9 Å². The number of rotatable bonds is 7. The second kappa shape index (κ2) is 9.28. The quantitative estimate of drug-likeness (QED) is 0.277. The highest BCUT2D eigenvalue weighted by atomic mass is 32.2. The number of halogens is 1. The lowest BCUT2D eigenvalue weighted by Crippen LogP contribution is -2.11. The van der Waals surface area contributed by atoms with E-state index in [1.165, 1.54) is 24.3 Å². The minimum Gasteiger partial charge on any atom is -0.492 e. The maximum absolute atomic E-state index is 13.0. The normalized spacial score (nSPS) is 10.9. The number of thioether (sulfide) groups is 1. The van der Waals surface area contributed by atoms with Gasteiger partial charge in [0.2, 0.25) is 0 Å². The van der Waals surface area contributed by atoms with Crippen molar-refractivity contribution < 1.29 is 13.9 Å². The average molecular weight is 439 g/mol. The molecule has 0 fully saturated rings. The van der Waals surface area contributed by atoms with Crippen LogP contribution in [0.5, 0.6) is 5.75 Å². The number of carbonyl (C=O) groups excluding carboxylic acids is 1. The molecule has 152 valence electrons. The molecule has 0 atom stereocenters. The lowest BCUT2D eigenvalue weighted by molar-refractivity contribution is 0.102. The van der Waals surface area contributed by atoms with Gasteiger partial charge in [-0.05, 0) is 61.0 Å². The van der Waals surface area contributed by atoms with Crippen LogP contribution in [0, 0.1) is 12.7 Å². The fraction of sp³-hybridized carbons (Fsp3) is 0.130. The van der Waals surface area contributed by atoms with E-state index in [-0.39, 0.29) is 11.7 Å². The topological polar surface area (TPSA) is 51.2 Å². The number of carbonyl (C=O) groups is 1. The first-order chi connectivity index (χ1) is 14.6. The lowest BCUT2D eigenvalue weighted by Gasteiger charge is -2.07. The molecule has 7 heteroatoms. The van der Waals surface area contributed by atoms with Crippen LogP contribution in [0.4, 0.5) is 10.1 Å². The van der Waals surface area contributed by atoms with E-state index in [1.807, 2.05) is 49.4 Å². The van der Waals surface area contributed by atoms with Crippen LogP contribution < -0.4 is 10.1 Å². The molecule has 0 unspecified atom stereocenters. The van der Waals surface area contributed by atoms with Gasteiger partial charge >= 0.3 is 0 Å². The van der Waals surface area contributed by atoms with Crippen LogP contribution >= 0.6 is 23.1 Å². The van der Waals surface area contributed by atoms with Gasteiger partial charge in [0.15, 0.2) is 4.34 Å². The molecule has 0 spiro atoms. The number of thiazole rings is 1. The third-order valence-electron chi connectivity index (χ3n) is 4.39. The zero-order valence-corrected chi connectivity index (χ0v) is 17.9. The van der Waals surface area contributed by atoms with Crippen molar-refractivity contribution in [3.05, 3.63) is 83.7 Å². The summed E-state index contributed by atoms with van der Waals surface area (Å²) in [5.74, 6) is 1.06. The molecule has 0 aliphatic carbocycles. The molecule has 0 aliphatic heterocycles. The third-order valence-corrected chi connectivity index (χ3v) is 6.52. The van der Waals surface area contributed by atoms with Crippen molar-refractivity contribution in [3.8, 4) is 5.75 Å². The number of amides is 1. The maximum Gasteiger partial charge on any atom is 0.255 e. The van der Waals surface area contributed by atoms with E-state index < -0.39 is 0 Å². The molecule has 4 aromatic rings. The summed E-state index contributed by atoms with van der Waals surface area (Å²) in [5, 5.41) is 2.85. The lowest BCUT2D eigenvalue weighted by atomic mass is 10.2. The van der Waals surface area contributed by atoms with Crippen LogP contribution in [-0.2, 0) is 0 Å². The number of aromatic nitrogens is 1. The monoisotopic (exact) mass is 438 g/mol. The second-order valence-electron chi connectivity index (χ2n) is 6.59. The molecule has 0 radical (unpaired) electrons. The van der Waals surface area contributed by atoms with Gasteiger partial charge in [0, 0.05) is 17.0 Å². The Kier molecular flexibility index (Phi) is 6.30. The number of nitrogens with one attached hydrogen (secondary N) is 1. The molecule has 1 N–H and O–H groups in total. The van der Waals surface area contributed by atoms with Gasteiger partial charge in [0.1, 0.15) is 11.6 Å². The first-order valence-corrected chi connectivity index (χ1v) is 11.2. The summed E-state index contributed by atoms with van der Waals surface area (Å²) in [6.45, 7) is 2.63. The van der Waals surface area contributed by atoms with Crippen molar-refractivity contribution in [1.82, 2.24) is 4.98 Å². The Balaban J connectivity index is 1.35. The number of anilines is 1. The summed E-state index contributed by atoms with van der Waals surface area (Å²) in [5.41, 5.74) is 3.10. The fourth-order valence-corrected chi connectivity index (χ4v) is 4.84. The third kappa shape index (κ3) is 4.98. The van der Waals surface area contributed by atoms with Crippen LogP contribution in [0.1, 0.15) is 15.9 Å². The van der Waals surface area contributed by atoms with E-state index in [2.05, 4.69) is 10.3 Å². The minimum atomic E-state index is -0.369. The number of ether oxygens (including phenoxy) is 1. The van der Waals surface area contributed by atoms with Crippen LogP contribution in [0.3, 0.4) is 0 Å². The van der Waals surface area contributed by atoms with Crippen molar-refractivity contribution in [1.29, 1.82) is 0 Å². The Hall–Kier alpha value is -2.90. The summed E-state index contributed by atoms with van der Waals surface area (Å²) in [4.78, 5) is 17.0. The van der Waals surface area contributed by atoms with E-state index in [0.717, 1.165) is 31.6 Å². The largest absolute Gasteiger partial charge is 0.492 e. The first-order valence-electron chi connectivity index (χ1n) is 9.37. The van der Waals surface area contributed by atoms with Gasteiger partial charge in [-0.1, -0.05) is 30.0 Å². The molecule has 0 aliphatic rings. The minimum absolute atomic E-state index is 0.276. The highest BCUT2D eigenvalue weighted by Crippen LogP contribution is 2.31. The molecule has 30 heavy (non-hydrogen) atoms. The molecule has 4 nitrogen and oxygen atoms in total. The van der Waals surface area contributed by atoms with E-state index in [4.69, 9.17) is 4.74 Å². The van der Waals surface area contributed by atoms with E-state index in [0.29, 0.717) is 17.9 Å². The highest BCUT2D eigenvalue weighted by molar-refractivity contribution is 8.01. The molecular formula is C23H19FN2O2S2. The van der Waals surface area contributed by atoms with Crippen LogP contribution in [0.25, 0.3) is 10.2 Å². The Morgan fingerprint density at radius 2 is 1.93 bits per heavy atom. The van der Waals surface area contributed by atoms with Crippen LogP contribution in [0.15, 0.2) is 71.1 Å². The summed E-state index contributed by atoms with van der Waals surface area (Å²) in [6, 6.07) is 19.0. The van der Waals surface area contributed by atoms with Gasteiger partial charge in [-0.3, -0.25) is 4.79 Å². The molecule has 0 saturated heterocycles. The number of hydrogen-bond donors (Lipinski definition) is 1. The Morgan fingerprint density at radius 1 is 1.13 bits per heavy atom. The first kappa shape index (κ1) is 20.4. The SMILES string of the molecule is Cc1ccccc1OCCSc1nc2ccc(NC(=O)c3ccc(F)cc3)cc2s1. The van der Waals surface area contributed by atoms with Crippen molar-refractivity contribution in [2.24, 2.45) is 0 Å². The molecule has 0 bridgehead atoms. The van der Waals surface area contributed by atoms with Gasteiger partial charge in [-0.25, -0.2) is 9.37 Å². The molecule has 1 aromatic heterocycles. The van der Waals surface area contributed by atoms with Gasteiger partial charge in [0.05, 0.1) is 16.8 Å². The van der Waals surface area contributed by atoms with E-state index >= 15 is 0 Å². The number of para-hydroxylation sites is 1. The van der Waals surface area contributed by atoms with Gasteiger partial charge in [-0.2, -0.15) is 0 Å². The van der Waals surface area contributed by atoms with Crippen molar-refractivity contribution in [2.75, 3.05) is 17.7 Å². The zero-order valence-electron chi connectivity index (χ0n) is 16.2. The number of nitrogens with zero attached hydrogens (tertiary/aromatic N) is 1. The van der Waals surface area contributed by atoms with Crippen molar-refractivity contribution in [2.45, 2.75) is 11.3 Å². The predicted molar refractivity (Wildman–Crippen MR) is 121 cm³/mol. The smallest absolute Gasteiger partial charge is 0.255 e. The predicted octanol–water partition coefficient (Wildman–Crippen LogP) is 6.17. The van der Waals surface area contributed by atoms with E-state index in [1.54, 1.807) is 23.1 Å². The summed E-state index contributed by atoms with van der Waals surface area (Å²) in [7, 11) is 0. The molecule has 1 heterocycles. The fourth-order valence-electron chi connectivity index (χ4n) is 2.85. The Morgan fingerprint density at radius 3 is 2.73 bits per heavy atom. The van der Waals surface area contributed by atoms with Gasteiger partial charge in [-0.15, -0.1) is 11.3 Å². The van der Waals surface area contributed by atoms with Crippen LogP contribution in [-0.4, -0.2) is 23.3 Å². The van der Waals surface area contributed by atoms with Gasteiger partial charge < -0.3 is 10.1 Å². The Bertz CT molecular complexity index is 1180. The molecule has 1 amide bonds. The van der Waals surface area contributed by atoms with E-state index in [9.17, 15) is 9.18 Å². The molecule has 3 aromatic carbocycles. The summed E-state index contributed by atoms with van der Waals surface area (Å²) in [6.07, 6.45) is 0. The number of hydrogen-bond acceptors (Lipinski definition) is 5. The zero-order chi connectivity index (χ0) is 20.9. The molecular weight excluding hydrogens is 419 g/mol. The number of benzene rings is 3. The van der Waals surface area contributed by atoms with Crippen LogP contribution in [0.2, 0.25) is 0 Å². The second-order valence-corrected chi connectivity index (χ2v) is 8.96. The molecule has 4 rings (SSSR count). The number of fused-ring (bicyclic) bond motifs is 1. The Labute approximate surface area is 182 Å². The summed E-state index contributed by atoms with van der Waals surface area (Å²) >= 11 is 3.23. The standard InChI is InChI=1S/C23H19FN2O2S2/c1-15-4-2-3-5-20(15)28-12-13-29-23-26-19-11-10-18(14-21(19)30-23)25-22(27)16-6-8-17(24)9-7-16/h2-11,14H,12-13H2,1H3,(H,25,27). The maximum atomic E-state index is 13.0. The highest BCUT2D eigenvalue weighted by Gasteiger charge is 2.09. The van der Waals surface area contributed by atoms with Gasteiger partial charge in [0.25, 0.3) is 5.91 Å². The van der Waals surface area contributed by atoms with Crippen molar-refractivity contribution in [3.63, 3.8) is 0 Å². The summed E-state index contributed by atoms with van der Waals surface area (Å²) < 4.78 is 20.8.